The summed E-state index contributed by atoms with van der Waals surface area (Å²) in [4.78, 5) is 23.0. The van der Waals surface area contributed by atoms with Gasteiger partial charge in [0.15, 0.2) is 0 Å². The smallest absolute Gasteiger partial charge is 0.326 e. The van der Waals surface area contributed by atoms with E-state index in [9.17, 15) is 9.59 Å². The first-order valence-electron chi connectivity index (χ1n) is 7.58. The molecule has 4 nitrogen and oxygen atoms in total. The number of nitrogens with one attached hydrogen (secondary N) is 1. The SMILES string of the molecule is CCCCC(CC)CC(=O)NC(CC1CC1)C(=O)O. The highest BCUT2D eigenvalue weighted by atomic mass is 16.4. The van der Waals surface area contributed by atoms with Crippen molar-refractivity contribution in [2.75, 3.05) is 0 Å². The van der Waals surface area contributed by atoms with Gasteiger partial charge in [0.1, 0.15) is 6.04 Å². The molecule has 0 spiro atoms. The molecule has 0 aliphatic heterocycles. The first-order valence-corrected chi connectivity index (χ1v) is 7.58. The fourth-order valence-electron chi connectivity index (χ4n) is 2.37. The highest BCUT2D eigenvalue weighted by molar-refractivity contribution is 5.83. The molecule has 2 unspecified atom stereocenters. The molecule has 1 fully saturated rings. The first-order chi connectivity index (χ1) is 9.06. The zero-order chi connectivity index (χ0) is 14.3. The van der Waals surface area contributed by atoms with Crippen LogP contribution in [0.25, 0.3) is 0 Å². The van der Waals surface area contributed by atoms with Crippen LogP contribution in [-0.2, 0) is 9.59 Å². The Hall–Kier alpha value is -1.06. The molecule has 0 aromatic heterocycles. The minimum atomic E-state index is -0.901. The summed E-state index contributed by atoms with van der Waals surface area (Å²) in [5.41, 5.74) is 0. The zero-order valence-electron chi connectivity index (χ0n) is 12.2. The lowest BCUT2D eigenvalue weighted by Gasteiger charge is -2.17. The van der Waals surface area contributed by atoms with Gasteiger partial charge in [-0.3, -0.25) is 4.79 Å². The number of carboxylic acids is 1. The molecule has 0 aromatic carbocycles. The van der Waals surface area contributed by atoms with E-state index in [-0.39, 0.29) is 5.91 Å². The molecular weight excluding hydrogens is 242 g/mol. The van der Waals surface area contributed by atoms with Crippen molar-refractivity contribution >= 4 is 11.9 Å². The monoisotopic (exact) mass is 269 g/mol. The van der Waals surface area contributed by atoms with E-state index < -0.39 is 12.0 Å². The molecule has 1 saturated carbocycles. The molecule has 0 saturated heterocycles. The van der Waals surface area contributed by atoms with Crippen molar-refractivity contribution in [2.24, 2.45) is 11.8 Å². The van der Waals surface area contributed by atoms with E-state index in [1.165, 1.54) is 0 Å². The Labute approximate surface area is 116 Å². The lowest BCUT2D eigenvalue weighted by molar-refractivity contribution is -0.142. The van der Waals surface area contributed by atoms with Gasteiger partial charge in [-0.05, 0) is 24.7 Å². The number of rotatable bonds is 10. The Kier molecular flexibility index (Phi) is 6.89. The highest BCUT2D eigenvalue weighted by Crippen LogP contribution is 2.33. The molecule has 19 heavy (non-hydrogen) atoms. The molecule has 1 aliphatic rings. The lowest BCUT2D eigenvalue weighted by Crippen LogP contribution is -2.41. The summed E-state index contributed by atoms with van der Waals surface area (Å²) >= 11 is 0. The van der Waals surface area contributed by atoms with Crippen LogP contribution in [-0.4, -0.2) is 23.0 Å². The van der Waals surface area contributed by atoms with Crippen molar-refractivity contribution in [1.29, 1.82) is 0 Å². The van der Waals surface area contributed by atoms with Gasteiger partial charge >= 0.3 is 5.97 Å². The second-order valence-electron chi connectivity index (χ2n) is 5.76. The lowest BCUT2D eigenvalue weighted by atomic mass is 9.95. The summed E-state index contributed by atoms with van der Waals surface area (Å²) < 4.78 is 0. The Balaban J connectivity index is 2.35. The fourth-order valence-corrected chi connectivity index (χ4v) is 2.37. The Bertz CT molecular complexity index is 300. The van der Waals surface area contributed by atoms with Crippen LogP contribution in [0.3, 0.4) is 0 Å². The summed E-state index contributed by atoms with van der Waals surface area (Å²) in [6, 6.07) is -0.691. The normalized spacial score (nSPS) is 17.8. The van der Waals surface area contributed by atoms with Gasteiger partial charge in [-0.2, -0.15) is 0 Å². The second kappa shape index (κ2) is 8.18. The van der Waals surface area contributed by atoms with Gasteiger partial charge in [-0.1, -0.05) is 46.0 Å². The molecule has 0 bridgehead atoms. The van der Waals surface area contributed by atoms with Crippen molar-refractivity contribution in [3.63, 3.8) is 0 Å². The van der Waals surface area contributed by atoms with Crippen molar-refractivity contribution in [1.82, 2.24) is 5.32 Å². The van der Waals surface area contributed by atoms with Crippen LogP contribution in [0.4, 0.5) is 0 Å². The molecule has 0 heterocycles. The van der Waals surface area contributed by atoms with E-state index in [4.69, 9.17) is 5.11 Å². The Morgan fingerprint density at radius 2 is 2.00 bits per heavy atom. The van der Waals surface area contributed by atoms with Crippen LogP contribution in [0.15, 0.2) is 0 Å². The molecule has 1 amide bonds. The van der Waals surface area contributed by atoms with E-state index in [2.05, 4.69) is 19.2 Å². The van der Waals surface area contributed by atoms with E-state index >= 15 is 0 Å². The minimum absolute atomic E-state index is 0.101. The molecular formula is C15H27NO3. The molecule has 0 radical (unpaired) electrons. The number of amides is 1. The Morgan fingerprint density at radius 3 is 2.47 bits per heavy atom. The molecule has 1 rings (SSSR count). The third-order valence-electron chi connectivity index (χ3n) is 3.92. The van der Waals surface area contributed by atoms with Crippen LogP contribution < -0.4 is 5.32 Å². The topological polar surface area (TPSA) is 66.4 Å². The third kappa shape index (κ3) is 6.60. The number of carbonyl (C=O) groups is 2. The van der Waals surface area contributed by atoms with Crippen LogP contribution in [0.5, 0.6) is 0 Å². The summed E-state index contributed by atoms with van der Waals surface area (Å²) in [7, 11) is 0. The van der Waals surface area contributed by atoms with E-state index in [0.717, 1.165) is 38.5 Å². The van der Waals surface area contributed by atoms with Crippen LogP contribution in [0.2, 0.25) is 0 Å². The van der Waals surface area contributed by atoms with Gasteiger partial charge in [-0.25, -0.2) is 4.79 Å². The van der Waals surface area contributed by atoms with Gasteiger partial charge < -0.3 is 10.4 Å². The summed E-state index contributed by atoms with van der Waals surface area (Å²) in [6.45, 7) is 4.23. The van der Waals surface area contributed by atoms with Gasteiger partial charge in [0, 0.05) is 6.42 Å². The van der Waals surface area contributed by atoms with Crippen molar-refractivity contribution in [3.05, 3.63) is 0 Å². The van der Waals surface area contributed by atoms with Crippen molar-refractivity contribution in [2.45, 2.75) is 71.3 Å². The van der Waals surface area contributed by atoms with Crippen molar-refractivity contribution < 1.29 is 14.7 Å². The van der Waals surface area contributed by atoms with E-state index in [1.807, 2.05) is 0 Å². The standard InChI is InChI=1S/C15H27NO3/c1-3-5-6-11(4-2)10-14(17)16-13(15(18)19)9-12-7-8-12/h11-13H,3-10H2,1-2H3,(H,16,17)(H,18,19). The first kappa shape index (κ1) is 16.0. The maximum absolute atomic E-state index is 11.9. The molecule has 2 atom stereocenters. The molecule has 1 aliphatic carbocycles. The number of aliphatic carboxylic acids is 1. The van der Waals surface area contributed by atoms with Crippen LogP contribution >= 0.6 is 0 Å². The maximum Gasteiger partial charge on any atom is 0.326 e. The average molecular weight is 269 g/mol. The Morgan fingerprint density at radius 1 is 1.32 bits per heavy atom. The average Bonchev–Trinajstić information content (AvgIpc) is 3.17. The predicted molar refractivity (Wildman–Crippen MR) is 74.8 cm³/mol. The third-order valence-corrected chi connectivity index (χ3v) is 3.92. The van der Waals surface area contributed by atoms with E-state index in [1.54, 1.807) is 0 Å². The minimum Gasteiger partial charge on any atom is -0.480 e. The number of carbonyl (C=O) groups excluding carboxylic acids is 1. The number of hydrogen-bond acceptors (Lipinski definition) is 2. The maximum atomic E-state index is 11.9. The second-order valence-corrected chi connectivity index (χ2v) is 5.76. The molecule has 4 heteroatoms. The number of hydrogen-bond donors (Lipinski definition) is 2. The zero-order valence-corrected chi connectivity index (χ0v) is 12.2. The predicted octanol–water partition coefficient (Wildman–Crippen LogP) is 2.96. The summed E-state index contributed by atoms with van der Waals surface area (Å²) in [5.74, 6) is -0.114. The quantitative estimate of drug-likeness (QED) is 0.640. The van der Waals surface area contributed by atoms with Gasteiger partial charge in [0.2, 0.25) is 5.91 Å². The van der Waals surface area contributed by atoms with Gasteiger partial charge in [0.05, 0.1) is 0 Å². The molecule has 0 aromatic rings. The molecule has 2 N–H and O–H groups in total. The fraction of sp³-hybridized carbons (Fsp3) is 0.867. The largest absolute Gasteiger partial charge is 0.480 e. The van der Waals surface area contributed by atoms with Gasteiger partial charge in [0.25, 0.3) is 0 Å². The molecule has 110 valence electrons. The number of carboxylic acid groups (broad SMARTS) is 1. The van der Waals surface area contributed by atoms with Crippen molar-refractivity contribution in [3.8, 4) is 0 Å². The summed E-state index contributed by atoms with van der Waals surface area (Å²) in [6.07, 6.45) is 7.57. The number of unbranched alkanes of at least 4 members (excludes halogenated alkanes) is 1. The van der Waals surface area contributed by atoms with Crippen LogP contribution in [0.1, 0.15) is 65.2 Å². The summed E-state index contributed by atoms with van der Waals surface area (Å²) in [5, 5.41) is 11.8. The highest BCUT2D eigenvalue weighted by Gasteiger charge is 2.30. The van der Waals surface area contributed by atoms with E-state index in [0.29, 0.717) is 24.7 Å². The van der Waals surface area contributed by atoms with Gasteiger partial charge in [-0.15, -0.1) is 0 Å². The van der Waals surface area contributed by atoms with Crippen LogP contribution in [0, 0.1) is 11.8 Å².